The molecule has 1 heterocycles. The Kier molecular flexibility index (Phi) is 7.15. The minimum Gasteiger partial charge on any atom is -0.445 e. The maximum absolute atomic E-state index is 12.5. The van der Waals surface area contributed by atoms with E-state index < -0.39 is 30.1 Å². The molecule has 1 aliphatic carbocycles. The zero-order valence-electron chi connectivity index (χ0n) is 18.9. The van der Waals surface area contributed by atoms with Crippen LogP contribution in [-0.2, 0) is 32.2 Å². The highest BCUT2D eigenvalue weighted by Crippen LogP contribution is 2.37. The third kappa shape index (κ3) is 6.46. The number of nitrogens with one attached hydrogen (secondary N) is 2. The minimum absolute atomic E-state index is 0.162. The van der Waals surface area contributed by atoms with Crippen LogP contribution >= 0.6 is 0 Å². The van der Waals surface area contributed by atoms with Crippen LogP contribution in [0.4, 0.5) is 9.59 Å². The third-order valence-corrected chi connectivity index (χ3v) is 5.78. The molecular weight excluding hydrogens is 424 g/mol. The van der Waals surface area contributed by atoms with Crippen molar-refractivity contribution in [3.63, 3.8) is 0 Å². The van der Waals surface area contributed by atoms with Gasteiger partial charge in [0.2, 0.25) is 0 Å². The van der Waals surface area contributed by atoms with Gasteiger partial charge in [-0.1, -0.05) is 60.7 Å². The first-order chi connectivity index (χ1) is 15.9. The molecule has 0 aromatic heterocycles. The van der Waals surface area contributed by atoms with E-state index in [2.05, 4.69) is 10.6 Å². The van der Waals surface area contributed by atoms with Crippen LogP contribution in [0, 0.1) is 0 Å². The van der Waals surface area contributed by atoms with Gasteiger partial charge in [0, 0.05) is 0 Å². The highest BCUT2D eigenvalue weighted by Gasteiger charge is 2.48. The molecule has 1 saturated carbocycles. The summed E-state index contributed by atoms with van der Waals surface area (Å²) >= 11 is 0. The van der Waals surface area contributed by atoms with E-state index in [0.29, 0.717) is 12.8 Å². The standard InChI is InChI=1S/C25H30N2O6/c1-25(2)32-21-13-19(26-23(28)30-15-17-9-5-3-6-10-17)20(14-22(21)33-25)27-24(29)31-16-18-11-7-4-8-12-18/h3-12,19-22H,13-16H2,1-2H3,(H,26,28)(H,27,29)/t19-,20+,21+,22-. The summed E-state index contributed by atoms with van der Waals surface area (Å²) < 4.78 is 22.7. The quantitative estimate of drug-likeness (QED) is 0.688. The van der Waals surface area contributed by atoms with E-state index in [1.54, 1.807) is 0 Å². The van der Waals surface area contributed by atoms with Gasteiger partial charge in [-0.25, -0.2) is 9.59 Å². The van der Waals surface area contributed by atoms with Crippen molar-refractivity contribution in [2.75, 3.05) is 0 Å². The third-order valence-electron chi connectivity index (χ3n) is 5.78. The number of fused-ring (bicyclic) bond motifs is 1. The summed E-state index contributed by atoms with van der Waals surface area (Å²) in [6.07, 6.45) is -0.499. The van der Waals surface area contributed by atoms with Crippen LogP contribution in [0.25, 0.3) is 0 Å². The van der Waals surface area contributed by atoms with E-state index in [1.807, 2.05) is 74.5 Å². The van der Waals surface area contributed by atoms with Gasteiger partial charge in [-0.2, -0.15) is 0 Å². The lowest BCUT2D eigenvalue weighted by Gasteiger charge is -2.36. The minimum atomic E-state index is -0.712. The van der Waals surface area contributed by atoms with Gasteiger partial charge in [0.1, 0.15) is 13.2 Å². The van der Waals surface area contributed by atoms with Gasteiger partial charge in [0.15, 0.2) is 5.79 Å². The summed E-state index contributed by atoms with van der Waals surface area (Å²) in [6, 6.07) is 18.1. The lowest BCUT2D eigenvalue weighted by atomic mass is 9.86. The molecule has 2 aromatic carbocycles. The Labute approximate surface area is 193 Å². The molecule has 2 fully saturated rings. The van der Waals surface area contributed by atoms with Crippen molar-refractivity contribution in [3.8, 4) is 0 Å². The van der Waals surface area contributed by atoms with Gasteiger partial charge in [-0.3, -0.25) is 0 Å². The van der Waals surface area contributed by atoms with Crippen molar-refractivity contribution in [2.45, 2.75) is 70.0 Å². The van der Waals surface area contributed by atoms with Crippen molar-refractivity contribution >= 4 is 12.2 Å². The van der Waals surface area contributed by atoms with E-state index in [1.165, 1.54) is 0 Å². The fourth-order valence-corrected chi connectivity index (χ4v) is 4.29. The second-order valence-electron chi connectivity index (χ2n) is 8.81. The molecule has 0 unspecified atom stereocenters. The van der Waals surface area contributed by atoms with Crippen molar-refractivity contribution in [3.05, 3.63) is 71.8 Å². The summed E-state index contributed by atoms with van der Waals surface area (Å²) in [5, 5.41) is 5.78. The Hall–Kier alpha value is -3.10. The number of rotatable bonds is 6. The molecule has 1 saturated heterocycles. The molecule has 2 amide bonds. The summed E-state index contributed by atoms with van der Waals surface area (Å²) in [4.78, 5) is 25.0. The fraction of sp³-hybridized carbons (Fsp3) is 0.440. The van der Waals surface area contributed by atoms with Crippen LogP contribution in [0.3, 0.4) is 0 Å². The molecule has 8 heteroatoms. The number of alkyl carbamates (subject to hydrolysis) is 2. The van der Waals surface area contributed by atoms with E-state index >= 15 is 0 Å². The molecule has 4 rings (SSSR count). The van der Waals surface area contributed by atoms with Crippen LogP contribution in [0.1, 0.15) is 37.8 Å². The molecule has 33 heavy (non-hydrogen) atoms. The predicted octanol–water partition coefficient (Wildman–Crippen LogP) is 3.89. The summed E-state index contributed by atoms with van der Waals surface area (Å²) in [7, 11) is 0. The van der Waals surface area contributed by atoms with Gasteiger partial charge >= 0.3 is 12.2 Å². The van der Waals surface area contributed by atoms with Crippen molar-refractivity contribution in [1.29, 1.82) is 0 Å². The average molecular weight is 455 g/mol. The maximum atomic E-state index is 12.5. The number of carbonyl (C=O) groups excluding carboxylic acids is 2. The monoisotopic (exact) mass is 454 g/mol. The first kappa shape index (κ1) is 23.1. The SMILES string of the molecule is CC1(C)O[C@H]2C[C@@H](NC(=O)OCc3ccccc3)[C@@H](NC(=O)OCc3ccccc3)C[C@H]2O1. The number of ether oxygens (including phenoxy) is 4. The number of benzene rings is 2. The molecule has 0 bridgehead atoms. The second kappa shape index (κ2) is 10.2. The average Bonchev–Trinajstić information content (AvgIpc) is 3.10. The van der Waals surface area contributed by atoms with Gasteiger partial charge < -0.3 is 29.6 Å². The summed E-state index contributed by atoms with van der Waals surface area (Å²) in [5.41, 5.74) is 1.79. The van der Waals surface area contributed by atoms with Crippen LogP contribution < -0.4 is 10.6 Å². The van der Waals surface area contributed by atoms with Crippen molar-refractivity contribution < 1.29 is 28.5 Å². The van der Waals surface area contributed by atoms with E-state index in [-0.39, 0.29) is 25.4 Å². The highest BCUT2D eigenvalue weighted by atomic mass is 16.8. The molecule has 4 atom stereocenters. The van der Waals surface area contributed by atoms with Crippen LogP contribution in [0.2, 0.25) is 0 Å². The molecule has 2 aromatic rings. The molecule has 1 aliphatic heterocycles. The van der Waals surface area contributed by atoms with Crippen LogP contribution in [0.5, 0.6) is 0 Å². The van der Waals surface area contributed by atoms with Crippen molar-refractivity contribution in [2.24, 2.45) is 0 Å². The van der Waals surface area contributed by atoms with Crippen LogP contribution in [0.15, 0.2) is 60.7 Å². The number of amides is 2. The Morgan fingerprint density at radius 2 is 1.18 bits per heavy atom. The normalized spacial score (nSPS) is 25.5. The zero-order valence-corrected chi connectivity index (χ0v) is 18.9. The first-order valence-corrected chi connectivity index (χ1v) is 11.2. The molecule has 0 spiro atoms. The van der Waals surface area contributed by atoms with Gasteiger partial charge in [-0.05, 0) is 37.8 Å². The second-order valence-corrected chi connectivity index (χ2v) is 8.81. The topological polar surface area (TPSA) is 95.1 Å². The lowest BCUT2D eigenvalue weighted by Crippen LogP contribution is -2.58. The Balaban J connectivity index is 1.36. The number of hydrogen-bond donors (Lipinski definition) is 2. The number of carbonyl (C=O) groups is 2. The van der Waals surface area contributed by atoms with Gasteiger partial charge in [0.25, 0.3) is 0 Å². The Morgan fingerprint density at radius 3 is 1.58 bits per heavy atom. The molecule has 2 aliphatic rings. The van der Waals surface area contributed by atoms with E-state index in [0.717, 1.165) is 11.1 Å². The summed E-state index contributed by atoms with van der Waals surface area (Å²) in [5.74, 6) is -0.712. The Bertz CT molecular complexity index is 861. The Morgan fingerprint density at radius 1 is 0.788 bits per heavy atom. The molecular formula is C25H30N2O6. The predicted molar refractivity (Wildman–Crippen MR) is 120 cm³/mol. The summed E-state index contributed by atoms with van der Waals surface area (Å²) in [6.45, 7) is 4.04. The molecule has 8 nitrogen and oxygen atoms in total. The maximum Gasteiger partial charge on any atom is 0.407 e. The largest absolute Gasteiger partial charge is 0.445 e. The zero-order chi connectivity index (χ0) is 23.3. The number of hydrogen-bond acceptors (Lipinski definition) is 6. The first-order valence-electron chi connectivity index (χ1n) is 11.2. The molecule has 0 radical (unpaired) electrons. The van der Waals surface area contributed by atoms with Crippen molar-refractivity contribution in [1.82, 2.24) is 10.6 Å². The lowest BCUT2D eigenvalue weighted by molar-refractivity contribution is -0.145. The van der Waals surface area contributed by atoms with E-state index in [9.17, 15) is 9.59 Å². The van der Waals surface area contributed by atoms with Gasteiger partial charge in [-0.15, -0.1) is 0 Å². The fourth-order valence-electron chi connectivity index (χ4n) is 4.29. The van der Waals surface area contributed by atoms with E-state index in [4.69, 9.17) is 18.9 Å². The molecule has 176 valence electrons. The molecule has 2 N–H and O–H groups in total. The van der Waals surface area contributed by atoms with Gasteiger partial charge in [0.05, 0.1) is 24.3 Å². The smallest absolute Gasteiger partial charge is 0.407 e. The van der Waals surface area contributed by atoms with Crippen LogP contribution in [-0.4, -0.2) is 42.3 Å². The highest BCUT2D eigenvalue weighted by molar-refractivity contribution is 5.69.